The molecule has 236 valence electrons. The molecule has 0 amide bonds. The quantitative estimate of drug-likeness (QED) is 0.187. The van der Waals surface area contributed by atoms with Gasteiger partial charge in [-0.15, -0.1) is 0 Å². The molecule has 0 spiro atoms. The molecule has 5 aromatic carbocycles. The van der Waals surface area contributed by atoms with Crippen molar-refractivity contribution in [2.45, 2.75) is 31.1 Å². The fourth-order valence-corrected chi connectivity index (χ4v) is 8.21. The molecule has 0 aliphatic heterocycles. The third-order valence-electron chi connectivity index (χ3n) is 10.6. The van der Waals surface area contributed by atoms with Gasteiger partial charge in [-0.1, -0.05) is 78.9 Å². The molecule has 0 radical (unpaired) electrons. The number of benzene rings is 5. The normalized spacial score (nSPS) is 16.1. The monoisotopic (exact) mass is 642 g/mol. The van der Waals surface area contributed by atoms with Crippen molar-refractivity contribution in [1.29, 1.82) is 5.26 Å². The fraction of sp³-hybridized carbons (Fsp3) is 0.114. The van der Waals surface area contributed by atoms with Gasteiger partial charge in [-0.25, -0.2) is 15.0 Å². The standard InChI is InChI=1S/C44H30N6/c45-25-32-23-33(26-46-41(32)31-18-21-35-29-14-15-30(22-29)38(35)24-31)44-48-42(27-8-2-1-3-9-27)47-43(49-44)28-16-19-34(20-17-28)50-39-12-6-4-10-36(39)37-11-5-7-13-40(37)50/h1-13,16-21,23-24,26,29-30H,14-15,22H2. The summed E-state index contributed by atoms with van der Waals surface area (Å²) in [4.78, 5) is 19.7. The van der Waals surface area contributed by atoms with E-state index in [1.807, 2.05) is 36.4 Å². The van der Waals surface area contributed by atoms with Gasteiger partial charge in [0.15, 0.2) is 17.5 Å². The minimum absolute atomic E-state index is 0.474. The largest absolute Gasteiger partial charge is 0.309 e. The second-order valence-electron chi connectivity index (χ2n) is 13.4. The molecule has 0 saturated heterocycles. The molecule has 2 atom stereocenters. The number of nitrogens with zero attached hydrogens (tertiary/aromatic N) is 6. The first-order valence-corrected chi connectivity index (χ1v) is 17.2. The molecule has 2 unspecified atom stereocenters. The number of rotatable bonds is 5. The van der Waals surface area contributed by atoms with Crippen LogP contribution in [0.25, 0.3) is 72.9 Å². The number of pyridine rings is 1. The molecule has 1 saturated carbocycles. The lowest BCUT2D eigenvalue weighted by Crippen LogP contribution is -2.02. The van der Waals surface area contributed by atoms with Gasteiger partial charge in [-0.05, 0) is 90.8 Å². The highest BCUT2D eigenvalue weighted by Crippen LogP contribution is 2.53. The van der Waals surface area contributed by atoms with Gasteiger partial charge in [0.05, 0.1) is 22.3 Å². The molecule has 3 aromatic heterocycles. The molecular formula is C44H30N6. The van der Waals surface area contributed by atoms with Gasteiger partial charge >= 0.3 is 0 Å². The van der Waals surface area contributed by atoms with Crippen molar-refractivity contribution in [3.05, 3.63) is 150 Å². The zero-order valence-corrected chi connectivity index (χ0v) is 27.2. The predicted molar refractivity (Wildman–Crippen MR) is 198 cm³/mol. The minimum atomic E-state index is 0.474. The van der Waals surface area contributed by atoms with Gasteiger partial charge in [0.25, 0.3) is 0 Å². The molecule has 1 fully saturated rings. The summed E-state index contributed by atoms with van der Waals surface area (Å²) >= 11 is 0. The number of para-hydroxylation sites is 2. The maximum atomic E-state index is 10.3. The van der Waals surface area contributed by atoms with Gasteiger partial charge in [0.1, 0.15) is 6.07 Å². The number of hydrogen-bond acceptors (Lipinski definition) is 5. The number of fused-ring (bicyclic) bond motifs is 8. The van der Waals surface area contributed by atoms with Crippen molar-refractivity contribution >= 4 is 21.8 Å². The van der Waals surface area contributed by atoms with E-state index < -0.39 is 0 Å². The first kappa shape index (κ1) is 28.6. The topological polar surface area (TPSA) is 80.3 Å². The van der Waals surface area contributed by atoms with E-state index in [1.165, 1.54) is 41.2 Å². The Morgan fingerprint density at radius 1 is 0.560 bits per heavy atom. The van der Waals surface area contributed by atoms with Crippen LogP contribution in [0.1, 0.15) is 47.8 Å². The lowest BCUT2D eigenvalue weighted by molar-refractivity contribution is 0.717. The second-order valence-corrected chi connectivity index (χ2v) is 13.4. The van der Waals surface area contributed by atoms with Crippen LogP contribution in [0.15, 0.2) is 134 Å². The van der Waals surface area contributed by atoms with Crippen LogP contribution in [0.5, 0.6) is 0 Å². The summed E-state index contributed by atoms with van der Waals surface area (Å²) in [5.74, 6) is 2.92. The number of nitriles is 1. The number of aromatic nitrogens is 5. The van der Waals surface area contributed by atoms with Crippen LogP contribution in [0, 0.1) is 11.3 Å². The summed E-state index contributed by atoms with van der Waals surface area (Å²) in [5, 5.41) is 12.8. The molecule has 10 rings (SSSR count). The van der Waals surface area contributed by atoms with E-state index in [1.54, 1.807) is 6.20 Å². The average molecular weight is 643 g/mol. The highest BCUT2D eigenvalue weighted by Gasteiger charge is 2.36. The summed E-state index contributed by atoms with van der Waals surface area (Å²) in [7, 11) is 0. The molecule has 8 aromatic rings. The smallest absolute Gasteiger partial charge is 0.165 e. The maximum absolute atomic E-state index is 10.3. The van der Waals surface area contributed by atoms with E-state index in [-0.39, 0.29) is 0 Å². The van der Waals surface area contributed by atoms with Gasteiger partial charge in [0.2, 0.25) is 0 Å². The van der Waals surface area contributed by atoms with Crippen LogP contribution in [0.3, 0.4) is 0 Å². The maximum Gasteiger partial charge on any atom is 0.165 e. The molecule has 2 aliphatic carbocycles. The van der Waals surface area contributed by atoms with Crippen LogP contribution in [0.4, 0.5) is 0 Å². The summed E-state index contributed by atoms with van der Waals surface area (Å²) in [6.45, 7) is 0. The van der Waals surface area contributed by atoms with Crippen LogP contribution < -0.4 is 0 Å². The molecule has 2 bridgehead atoms. The third kappa shape index (κ3) is 4.55. The zero-order chi connectivity index (χ0) is 33.2. The fourth-order valence-electron chi connectivity index (χ4n) is 8.21. The Labute approximate surface area is 289 Å². The Bertz CT molecular complexity index is 2600. The van der Waals surface area contributed by atoms with Gasteiger partial charge in [-0.2, -0.15) is 5.26 Å². The summed E-state index contributed by atoms with van der Waals surface area (Å²) in [6, 6.07) is 46.2. The van der Waals surface area contributed by atoms with E-state index in [0.717, 1.165) is 33.4 Å². The highest BCUT2D eigenvalue weighted by atomic mass is 15.0. The molecule has 0 N–H and O–H groups in total. The van der Waals surface area contributed by atoms with Crippen molar-refractivity contribution in [1.82, 2.24) is 24.5 Å². The summed E-state index contributed by atoms with van der Waals surface area (Å²) in [6.07, 6.45) is 5.59. The molecular weight excluding hydrogens is 613 g/mol. The Morgan fingerprint density at radius 3 is 1.82 bits per heavy atom. The van der Waals surface area contributed by atoms with Crippen molar-refractivity contribution in [3.8, 4) is 57.2 Å². The predicted octanol–water partition coefficient (Wildman–Crippen LogP) is 10.3. The first-order chi connectivity index (χ1) is 24.7. The first-order valence-electron chi connectivity index (χ1n) is 17.2. The third-order valence-corrected chi connectivity index (χ3v) is 10.6. The van der Waals surface area contributed by atoms with Crippen LogP contribution >= 0.6 is 0 Å². The Morgan fingerprint density at radius 2 is 1.14 bits per heavy atom. The lowest BCUT2D eigenvalue weighted by atomic mass is 9.89. The molecule has 2 aliphatic rings. The minimum Gasteiger partial charge on any atom is -0.309 e. The lowest BCUT2D eigenvalue weighted by Gasteiger charge is -2.16. The molecule has 6 heteroatoms. The molecule has 50 heavy (non-hydrogen) atoms. The highest BCUT2D eigenvalue weighted by molar-refractivity contribution is 6.09. The van der Waals surface area contributed by atoms with Gasteiger partial charge < -0.3 is 4.57 Å². The SMILES string of the molecule is N#Cc1cc(-c2nc(-c3ccccc3)nc(-c3ccc(-n4c5ccccc5c5ccccc54)cc3)n2)cnc1-c1ccc2c(c1)C1CCC2C1. The summed E-state index contributed by atoms with van der Waals surface area (Å²) in [5.41, 5.74) is 10.9. The van der Waals surface area contributed by atoms with Gasteiger partial charge in [-0.3, -0.25) is 4.98 Å². The van der Waals surface area contributed by atoms with Crippen LogP contribution in [-0.4, -0.2) is 24.5 Å². The van der Waals surface area contributed by atoms with Crippen LogP contribution in [0.2, 0.25) is 0 Å². The van der Waals surface area contributed by atoms with Crippen molar-refractivity contribution < 1.29 is 0 Å². The number of hydrogen-bond donors (Lipinski definition) is 0. The van der Waals surface area contributed by atoms with E-state index >= 15 is 0 Å². The second kappa shape index (κ2) is 11.3. The van der Waals surface area contributed by atoms with E-state index in [9.17, 15) is 5.26 Å². The van der Waals surface area contributed by atoms with Gasteiger partial charge in [0, 0.05) is 44.9 Å². The molecule has 3 heterocycles. The van der Waals surface area contributed by atoms with Crippen molar-refractivity contribution in [2.75, 3.05) is 0 Å². The Hall–Kier alpha value is -6.45. The van der Waals surface area contributed by atoms with E-state index in [2.05, 4.69) is 102 Å². The van der Waals surface area contributed by atoms with Crippen molar-refractivity contribution in [2.24, 2.45) is 0 Å². The molecule has 6 nitrogen and oxygen atoms in total. The van der Waals surface area contributed by atoms with Crippen LogP contribution in [-0.2, 0) is 0 Å². The zero-order valence-electron chi connectivity index (χ0n) is 27.2. The van der Waals surface area contributed by atoms with E-state index in [4.69, 9.17) is 19.9 Å². The van der Waals surface area contributed by atoms with Crippen molar-refractivity contribution in [3.63, 3.8) is 0 Å². The summed E-state index contributed by atoms with van der Waals surface area (Å²) < 4.78 is 2.30. The average Bonchev–Trinajstić information content (AvgIpc) is 3.91. The Kier molecular flexibility index (Phi) is 6.47. The Balaban J connectivity index is 1.06. The van der Waals surface area contributed by atoms with E-state index in [0.29, 0.717) is 46.1 Å².